The van der Waals surface area contributed by atoms with Crippen LogP contribution in [0.2, 0.25) is 0 Å². The molecule has 8 nitrogen and oxygen atoms in total. The van der Waals surface area contributed by atoms with Crippen LogP contribution in [0.25, 0.3) is 0 Å². The van der Waals surface area contributed by atoms with E-state index in [1.54, 1.807) is 16.8 Å². The lowest BCUT2D eigenvalue weighted by Gasteiger charge is -2.28. The van der Waals surface area contributed by atoms with Crippen LogP contribution in [-0.2, 0) is 20.8 Å². The van der Waals surface area contributed by atoms with Crippen LogP contribution in [-0.4, -0.2) is 71.4 Å². The van der Waals surface area contributed by atoms with E-state index >= 15 is 0 Å². The van der Waals surface area contributed by atoms with Crippen molar-refractivity contribution in [3.05, 3.63) is 34.2 Å². The highest BCUT2D eigenvalue weighted by Gasteiger charge is 2.57. The molecule has 30 heavy (non-hydrogen) atoms. The maximum atomic E-state index is 12.6. The molecule has 1 aliphatic carbocycles. The van der Waals surface area contributed by atoms with E-state index in [1.807, 2.05) is 31.7 Å². The number of hydrogen-bond acceptors (Lipinski definition) is 6. The first-order chi connectivity index (χ1) is 14.2. The van der Waals surface area contributed by atoms with Crippen LogP contribution in [0.1, 0.15) is 51.5 Å². The molecule has 168 valence electrons. The van der Waals surface area contributed by atoms with Crippen molar-refractivity contribution in [2.45, 2.75) is 63.6 Å². The quantitative estimate of drug-likeness (QED) is 0.613. The van der Waals surface area contributed by atoms with E-state index < -0.39 is 5.60 Å². The lowest BCUT2D eigenvalue weighted by molar-refractivity contribution is 0.0202. The first-order valence-electron chi connectivity index (χ1n) is 10.7. The zero-order chi connectivity index (χ0) is 21.8. The smallest absolute Gasteiger partial charge is 0.410 e. The number of likely N-dealkylation sites (tertiary alicyclic amines) is 1. The van der Waals surface area contributed by atoms with E-state index in [0.29, 0.717) is 39.5 Å². The molecule has 1 aromatic heterocycles. The Labute approximate surface area is 177 Å². The lowest BCUT2D eigenvalue weighted by Crippen LogP contribution is -2.41. The van der Waals surface area contributed by atoms with Crippen LogP contribution < -0.4 is 5.56 Å². The number of hydrogen-bond donors (Lipinski definition) is 1. The third kappa shape index (κ3) is 5.83. The summed E-state index contributed by atoms with van der Waals surface area (Å²) in [6, 6.07) is 3.66. The van der Waals surface area contributed by atoms with Gasteiger partial charge >= 0.3 is 6.09 Å². The predicted molar refractivity (Wildman–Crippen MR) is 112 cm³/mol. The summed E-state index contributed by atoms with van der Waals surface area (Å²) < 4.78 is 17.8. The molecule has 0 bridgehead atoms. The summed E-state index contributed by atoms with van der Waals surface area (Å²) in [5.41, 5.74) is 0.312. The summed E-state index contributed by atoms with van der Waals surface area (Å²) in [6.45, 7) is 8.27. The summed E-state index contributed by atoms with van der Waals surface area (Å²) in [7, 11) is 0. The van der Waals surface area contributed by atoms with Gasteiger partial charge in [-0.05, 0) is 51.7 Å². The fraction of sp³-hybridized carbons (Fsp3) is 0.727. The highest BCUT2D eigenvalue weighted by Crippen LogP contribution is 2.54. The maximum Gasteiger partial charge on any atom is 0.410 e. The molecule has 8 heteroatoms. The van der Waals surface area contributed by atoms with Crippen LogP contribution in [0.3, 0.4) is 0 Å². The largest absolute Gasteiger partial charge is 0.444 e. The summed E-state index contributed by atoms with van der Waals surface area (Å²) in [5.74, 6) is 0.155. The van der Waals surface area contributed by atoms with E-state index in [1.165, 1.54) is 0 Å². The van der Waals surface area contributed by atoms with Gasteiger partial charge < -0.3 is 28.8 Å². The first-order valence-corrected chi connectivity index (χ1v) is 10.7. The number of aromatic nitrogens is 1. The van der Waals surface area contributed by atoms with Crippen molar-refractivity contribution in [2.24, 2.45) is 0 Å². The second-order valence-electron chi connectivity index (χ2n) is 9.16. The Morgan fingerprint density at radius 1 is 1.20 bits per heavy atom. The predicted octanol–water partition coefficient (Wildman–Crippen LogP) is 2.13. The van der Waals surface area contributed by atoms with Crippen molar-refractivity contribution >= 4 is 6.09 Å². The Balaban J connectivity index is 1.54. The topological polar surface area (TPSA) is 90.2 Å². The van der Waals surface area contributed by atoms with E-state index in [2.05, 4.69) is 0 Å². The number of nitrogens with zero attached hydrogens (tertiary/aromatic N) is 2. The van der Waals surface area contributed by atoms with E-state index in [4.69, 9.17) is 19.3 Å². The van der Waals surface area contributed by atoms with Gasteiger partial charge in [0.15, 0.2) is 0 Å². The third-order valence-electron chi connectivity index (χ3n) is 5.62. The number of amides is 1. The molecule has 0 aromatic carbocycles. The highest BCUT2D eigenvalue weighted by atomic mass is 16.6. The molecule has 2 fully saturated rings. The number of ether oxygens (including phenoxy) is 3. The minimum atomic E-state index is -0.515. The Bertz CT molecular complexity index is 781. The second kappa shape index (κ2) is 9.49. The fourth-order valence-corrected chi connectivity index (χ4v) is 3.99. The molecule has 1 saturated carbocycles. The summed E-state index contributed by atoms with van der Waals surface area (Å²) in [5, 5.41) is 8.64. The first kappa shape index (κ1) is 22.8. The minimum absolute atomic E-state index is 0.000605. The molecular weight excluding hydrogens is 388 g/mol. The lowest BCUT2D eigenvalue weighted by atomic mass is 9.96. The van der Waals surface area contributed by atoms with Gasteiger partial charge in [0.1, 0.15) is 5.60 Å². The summed E-state index contributed by atoms with van der Waals surface area (Å²) in [4.78, 5) is 27.1. The zero-order valence-corrected chi connectivity index (χ0v) is 18.3. The van der Waals surface area contributed by atoms with Crippen molar-refractivity contribution in [1.82, 2.24) is 9.47 Å². The van der Waals surface area contributed by atoms with Crippen LogP contribution in [0.5, 0.6) is 0 Å². The SMILES string of the molecule is CC(C)(C)OC(=O)N1C[C@@H](c2ccn(CCOCCOCCO)c(=O)c2)CC12CC2. The van der Waals surface area contributed by atoms with Gasteiger partial charge in [0.2, 0.25) is 0 Å². The molecule has 1 aliphatic heterocycles. The number of carbonyl (C=O) groups is 1. The van der Waals surface area contributed by atoms with Crippen LogP contribution in [0.15, 0.2) is 23.1 Å². The monoisotopic (exact) mass is 422 g/mol. The Kier molecular flexibility index (Phi) is 7.21. The van der Waals surface area contributed by atoms with Crippen molar-refractivity contribution < 1.29 is 24.1 Å². The van der Waals surface area contributed by atoms with Gasteiger partial charge in [-0.25, -0.2) is 4.79 Å². The van der Waals surface area contributed by atoms with Gasteiger partial charge in [0.25, 0.3) is 5.56 Å². The average molecular weight is 423 g/mol. The van der Waals surface area contributed by atoms with E-state index in [0.717, 1.165) is 24.8 Å². The zero-order valence-electron chi connectivity index (χ0n) is 18.3. The minimum Gasteiger partial charge on any atom is -0.444 e. The van der Waals surface area contributed by atoms with Gasteiger partial charge in [0.05, 0.1) is 33.0 Å². The normalized spacial score (nSPS) is 20.0. The number of rotatable bonds is 9. The highest BCUT2D eigenvalue weighted by molar-refractivity contribution is 5.70. The molecule has 0 unspecified atom stereocenters. The molecule has 1 spiro atoms. The molecule has 1 aromatic rings. The maximum absolute atomic E-state index is 12.6. The molecule has 3 rings (SSSR count). The van der Waals surface area contributed by atoms with Gasteiger partial charge in [0, 0.05) is 36.8 Å². The molecule has 1 atom stereocenters. The Morgan fingerprint density at radius 3 is 2.50 bits per heavy atom. The molecule has 2 aliphatic rings. The Hall–Kier alpha value is -1.90. The number of aliphatic hydroxyl groups excluding tert-OH is 1. The van der Waals surface area contributed by atoms with Crippen LogP contribution in [0, 0.1) is 0 Å². The van der Waals surface area contributed by atoms with Gasteiger partial charge in [-0.15, -0.1) is 0 Å². The van der Waals surface area contributed by atoms with E-state index in [9.17, 15) is 9.59 Å². The number of pyridine rings is 1. The number of aliphatic hydroxyl groups is 1. The molecule has 0 radical (unpaired) electrons. The fourth-order valence-electron chi connectivity index (χ4n) is 3.99. The summed E-state index contributed by atoms with van der Waals surface area (Å²) in [6.07, 6.45) is 4.43. The average Bonchev–Trinajstić information content (AvgIpc) is 3.32. The molecule has 1 N–H and O–H groups in total. The molecule has 2 heterocycles. The van der Waals surface area contributed by atoms with Crippen LogP contribution >= 0.6 is 0 Å². The van der Waals surface area contributed by atoms with Gasteiger partial charge in [-0.1, -0.05) is 0 Å². The van der Waals surface area contributed by atoms with Gasteiger partial charge in [-0.2, -0.15) is 0 Å². The van der Waals surface area contributed by atoms with Crippen molar-refractivity contribution in [1.29, 1.82) is 0 Å². The Morgan fingerprint density at radius 2 is 1.90 bits per heavy atom. The van der Waals surface area contributed by atoms with E-state index in [-0.39, 0.29) is 29.7 Å². The van der Waals surface area contributed by atoms with Crippen molar-refractivity contribution in [2.75, 3.05) is 39.6 Å². The van der Waals surface area contributed by atoms with Crippen molar-refractivity contribution in [3.63, 3.8) is 0 Å². The van der Waals surface area contributed by atoms with Crippen molar-refractivity contribution in [3.8, 4) is 0 Å². The third-order valence-corrected chi connectivity index (χ3v) is 5.62. The molecular formula is C22H34N2O6. The van der Waals surface area contributed by atoms with Gasteiger partial charge in [-0.3, -0.25) is 4.79 Å². The number of carbonyl (C=O) groups excluding carboxylic acids is 1. The summed E-state index contributed by atoms with van der Waals surface area (Å²) >= 11 is 0. The standard InChI is InChI=1S/C22H34N2O6/c1-21(2,3)30-20(27)24-16-18(15-22(24)5-6-22)17-4-7-23(19(26)14-17)8-10-28-12-13-29-11-9-25/h4,7,14,18,25H,5-6,8-13,15-16H2,1-3H3/t18-/m0/s1. The molecule has 1 amide bonds. The molecule has 1 saturated heterocycles. The van der Waals surface area contributed by atoms with Crippen LogP contribution in [0.4, 0.5) is 4.79 Å². The second-order valence-corrected chi connectivity index (χ2v) is 9.16.